The second-order valence-corrected chi connectivity index (χ2v) is 9.91. The molecule has 4 N–H and O–H groups in total. The van der Waals surface area contributed by atoms with E-state index < -0.39 is 26.6 Å². The van der Waals surface area contributed by atoms with E-state index in [4.69, 9.17) is 5.11 Å². The monoisotopic (exact) mass is 481 g/mol. The van der Waals surface area contributed by atoms with Gasteiger partial charge in [0.25, 0.3) is 5.91 Å². The molecule has 3 aromatic rings. The Hall–Kier alpha value is -3.21. The van der Waals surface area contributed by atoms with Crippen molar-refractivity contribution in [2.24, 2.45) is 0 Å². The summed E-state index contributed by atoms with van der Waals surface area (Å²) >= 11 is 0. The van der Waals surface area contributed by atoms with Crippen LogP contribution in [-0.2, 0) is 17.4 Å². The molecule has 0 aromatic heterocycles. The Morgan fingerprint density at radius 1 is 0.912 bits per heavy atom. The van der Waals surface area contributed by atoms with Crippen LogP contribution < -0.4 is 5.32 Å². The Labute approximate surface area is 202 Å². The number of carboxylic acids is 1. The van der Waals surface area contributed by atoms with Gasteiger partial charge in [0.2, 0.25) is 0 Å². The summed E-state index contributed by atoms with van der Waals surface area (Å²) in [6.45, 7) is 7.43. The molecular weight excluding hydrogens is 449 g/mol. The average Bonchev–Trinajstić information content (AvgIpc) is 2.76. The van der Waals surface area contributed by atoms with E-state index in [9.17, 15) is 19.6 Å². The molecule has 0 aliphatic rings. The van der Waals surface area contributed by atoms with Crippen molar-refractivity contribution in [2.75, 3.05) is 13.2 Å². The van der Waals surface area contributed by atoms with Gasteiger partial charge in [-0.15, -0.1) is 0 Å². The molecule has 7 heteroatoms. The smallest absolute Gasteiger partial charge is 0.322 e. The molecule has 0 heterocycles. The van der Waals surface area contributed by atoms with Crippen LogP contribution in [0.4, 0.5) is 0 Å². The molecule has 0 saturated carbocycles. The highest BCUT2D eigenvalue weighted by Gasteiger charge is 2.14. The minimum atomic E-state index is -1.15. The molecule has 0 fully saturated rings. The summed E-state index contributed by atoms with van der Waals surface area (Å²) in [5, 5.41) is 20.9. The van der Waals surface area contributed by atoms with Crippen LogP contribution >= 0.6 is 8.15 Å². The number of hydrogen-bond acceptors (Lipinski definition) is 4. The zero-order chi connectivity index (χ0) is 25.3. The number of carboxylic acid groups (broad SMARTS) is 1. The highest BCUT2D eigenvalue weighted by molar-refractivity contribution is 7.49. The van der Waals surface area contributed by atoms with Crippen LogP contribution in [0.1, 0.15) is 43.7 Å². The van der Waals surface area contributed by atoms with Gasteiger partial charge in [0.15, 0.2) is 0 Å². The minimum Gasteiger partial charge on any atom is -0.507 e. The van der Waals surface area contributed by atoms with Gasteiger partial charge in [0.05, 0.1) is 5.56 Å². The molecule has 0 aliphatic heterocycles. The molecule has 3 rings (SSSR count). The van der Waals surface area contributed by atoms with Crippen molar-refractivity contribution in [3.05, 3.63) is 99.6 Å². The lowest BCUT2D eigenvalue weighted by atomic mass is 9.93. The number of amides is 1. The SMILES string of the molecule is Cc1cc(CP(C)O)cc(C)c1Cc1ccc(O)c(C(=O)NCC(=O)O)c1.Cc1ccccc1. The first kappa shape index (κ1) is 27.0. The van der Waals surface area contributed by atoms with Crippen molar-refractivity contribution < 1.29 is 24.7 Å². The number of carbonyl (C=O) groups excluding carboxylic acids is 1. The lowest BCUT2D eigenvalue weighted by Crippen LogP contribution is -2.29. The number of phenolic OH excluding ortho intramolecular Hbond substituents is 1. The predicted molar refractivity (Wildman–Crippen MR) is 137 cm³/mol. The third-order valence-electron chi connectivity index (χ3n) is 5.19. The van der Waals surface area contributed by atoms with Gasteiger partial charge in [-0.25, -0.2) is 0 Å². The molecule has 6 nitrogen and oxygen atoms in total. The number of carbonyl (C=O) groups is 2. The number of rotatable bonds is 7. The van der Waals surface area contributed by atoms with E-state index in [1.54, 1.807) is 12.1 Å². The molecule has 0 radical (unpaired) electrons. The first-order valence-electron chi connectivity index (χ1n) is 10.9. The first-order valence-corrected chi connectivity index (χ1v) is 12.8. The highest BCUT2D eigenvalue weighted by atomic mass is 31.1. The van der Waals surface area contributed by atoms with Crippen LogP contribution in [0.15, 0.2) is 60.7 Å². The van der Waals surface area contributed by atoms with Crippen LogP contribution in [0.3, 0.4) is 0 Å². The van der Waals surface area contributed by atoms with Crippen LogP contribution in [0.5, 0.6) is 5.75 Å². The van der Waals surface area contributed by atoms with E-state index in [1.165, 1.54) is 11.6 Å². The number of benzene rings is 3. The zero-order valence-corrected chi connectivity index (χ0v) is 20.9. The molecule has 34 heavy (non-hydrogen) atoms. The van der Waals surface area contributed by atoms with Gasteiger partial charge in [-0.3, -0.25) is 9.59 Å². The molecule has 0 spiro atoms. The van der Waals surface area contributed by atoms with Crippen molar-refractivity contribution in [3.63, 3.8) is 0 Å². The number of phenols is 1. The quantitative estimate of drug-likeness (QED) is 0.358. The number of nitrogens with one attached hydrogen (secondary N) is 1. The fraction of sp³-hybridized carbons (Fsp3) is 0.259. The second-order valence-electron chi connectivity index (χ2n) is 8.28. The van der Waals surface area contributed by atoms with Crippen LogP contribution in [0.2, 0.25) is 0 Å². The Morgan fingerprint density at radius 2 is 1.53 bits per heavy atom. The zero-order valence-electron chi connectivity index (χ0n) is 20.0. The predicted octanol–water partition coefficient (Wildman–Crippen LogP) is 4.93. The Balaban J connectivity index is 0.000000497. The molecule has 0 bridgehead atoms. The molecule has 1 amide bonds. The minimum absolute atomic E-state index is 0.0533. The maximum atomic E-state index is 12.1. The van der Waals surface area contributed by atoms with Crippen LogP contribution in [0, 0.1) is 20.8 Å². The van der Waals surface area contributed by atoms with E-state index in [0.717, 1.165) is 27.8 Å². The van der Waals surface area contributed by atoms with Crippen LogP contribution in [0.25, 0.3) is 0 Å². The number of aromatic hydroxyl groups is 1. The van der Waals surface area contributed by atoms with Gasteiger partial charge in [0.1, 0.15) is 12.3 Å². The van der Waals surface area contributed by atoms with Gasteiger partial charge in [-0.05, 0) is 73.8 Å². The summed E-state index contributed by atoms with van der Waals surface area (Å²) in [5.74, 6) is -1.96. The lowest BCUT2D eigenvalue weighted by Gasteiger charge is -2.15. The van der Waals surface area contributed by atoms with Crippen molar-refractivity contribution >= 4 is 20.0 Å². The number of hydrogen-bond donors (Lipinski definition) is 4. The van der Waals surface area contributed by atoms with Crippen molar-refractivity contribution in [3.8, 4) is 5.75 Å². The van der Waals surface area contributed by atoms with Gasteiger partial charge in [-0.2, -0.15) is 0 Å². The Bertz CT molecular complexity index is 1110. The summed E-state index contributed by atoms with van der Waals surface area (Å²) < 4.78 is 0. The van der Waals surface area contributed by atoms with Gasteiger partial charge in [0, 0.05) is 14.3 Å². The largest absolute Gasteiger partial charge is 0.507 e. The Morgan fingerprint density at radius 3 is 2.03 bits per heavy atom. The topological polar surface area (TPSA) is 107 Å². The Kier molecular flexibility index (Phi) is 10.2. The fourth-order valence-electron chi connectivity index (χ4n) is 3.58. The van der Waals surface area contributed by atoms with Crippen molar-refractivity contribution in [1.82, 2.24) is 5.32 Å². The summed E-state index contributed by atoms with van der Waals surface area (Å²) in [6, 6.07) is 19.2. The number of aryl methyl sites for hydroxylation is 3. The molecule has 1 atom stereocenters. The molecule has 0 saturated heterocycles. The average molecular weight is 482 g/mol. The van der Waals surface area contributed by atoms with E-state index >= 15 is 0 Å². The van der Waals surface area contributed by atoms with E-state index in [2.05, 4.69) is 36.5 Å². The van der Waals surface area contributed by atoms with Gasteiger partial charge < -0.3 is 20.4 Å². The molecule has 1 unspecified atom stereocenters. The van der Waals surface area contributed by atoms with E-state index in [1.807, 2.05) is 38.7 Å². The van der Waals surface area contributed by atoms with Gasteiger partial charge >= 0.3 is 5.97 Å². The van der Waals surface area contributed by atoms with Crippen molar-refractivity contribution in [1.29, 1.82) is 0 Å². The fourth-order valence-corrected chi connectivity index (χ4v) is 4.29. The molecule has 3 aromatic carbocycles. The molecular formula is C27H32NO5P. The van der Waals surface area contributed by atoms with E-state index in [0.29, 0.717) is 12.6 Å². The summed E-state index contributed by atoms with van der Waals surface area (Å²) in [7, 11) is -0.997. The standard InChI is InChI=1S/C20H24NO5P.C7H8/c1-12-6-15(11-27(3)26)7-13(2)16(12)8-14-4-5-18(22)17(9-14)20(25)21-10-19(23)24;1-7-5-3-2-4-6-7/h4-7,9,22,26H,8,10-11H2,1-3H3,(H,21,25)(H,23,24);2-6H,1H3. The summed E-state index contributed by atoms with van der Waals surface area (Å²) in [6.07, 6.45) is 1.24. The third-order valence-corrected chi connectivity index (χ3v) is 6.02. The summed E-state index contributed by atoms with van der Waals surface area (Å²) in [4.78, 5) is 32.4. The third kappa shape index (κ3) is 8.62. The van der Waals surface area contributed by atoms with Crippen molar-refractivity contribution in [2.45, 2.75) is 33.4 Å². The molecule has 0 aliphatic carbocycles. The lowest BCUT2D eigenvalue weighted by molar-refractivity contribution is -0.135. The second kappa shape index (κ2) is 12.9. The number of aliphatic carboxylic acids is 1. The molecule has 180 valence electrons. The van der Waals surface area contributed by atoms with Gasteiger partial charge in [-0.1, -0.05) is 54.1 Å². The van der Waals surface area contributed by atoms with Crippen LogP contribution in [-0.4, -0.2) is 40.2 Å². The van der Waals surface area contributed by atoms with E-state index in [-0.39, 0.29) is 11.3 Å². The maximum absolute atomic E-state index is 12.1. The highest BCUT2D eigenvalue weighted by Crippen LogP contribution is 2.32. The normalized spacial score (nSPS) is 11.2. The maximum Gasteiger partial charge on any atom is 0.322 e. The summed E-state index contributed by atoms with van der Waals surface area (Å²) in [5.41, 5.74) is 6.65. The first-order chi connectivity index (χ1) is 16.1.